The molecule has 5 nitrogen and oxygen atoms in total. The highest BCUT2D eigenvalue weighted by molar-refractivity contribution is 7.85. The second kappa shape index (κ2) is 8.00. The Morgan fingerprint density at radius 1 is 1.24 bits per heavy atom. The normalized spacial score (nSPS) is 19.6. The zero-order valence-corrected chi connectivity index (χ0v) is 16.6. The molecule has 4 rings (SSSR count). The lowest BCUT2D eigenvalue weighted by atomic mass is 9.96. The van der Waals surface area contributed by atoms with Gasteiger partial charge in [-0.2, -0.15) is 0 Å². The van der Waals surface area contributed by atoms with Gasteiger partial charge in [-0.05, 0) is 55.7 Å². The molecule has 3 aromatic rings. The van der Waals surface area contributed by atoms with Crippen molar-refractivity contribution in [2.45, 2.75) is 42.4 Å². The molecule has 1 saturated carbocycles. The molecule has 0 amide bonds. The Labute approximate surface area is 170 Å². The van der Waals surface area contributed by atoms with Crippen molar-refractivity contribution in [2.24, 2.45) is 0 Å². The van der Waals surface area contributed by atoms with Crippen LogP contribution >= 0.6 is 0 Å². The summed E-state index contributed by atoms with van der Waals surface area (Å²) >= 11 is 0. The summed E-state index contributed by atoms with van der Waals surface area (Å²) < 4.78 is 33.2. The van der Waals surface area contributed by atoms with E-state index in [9.17, 15) is 18.5 Å². The lowest BCUT2D eigenvalue weighted by molar-refractivity contribution is -0.107. The number of aliphatic hydroxyl groups excluding tert-OH is 1. The van der Waals surface area contributed by atoms with Gasteiger partial charge in [0, 0.05) is 33.7 Å². The number of aromatic nitrogens is 1. The first-order chi connectivity index (χ1) is 14.0. The molecule has 0 radical (unpaired) electrons. The number of halogens is 1. The Hall–Kier alpha value is -2.64. The summed E-state index contributed by atoms with van der Waals surface area (Å²) in [6, 6.07) is 10.2. The highest BCUT2D eigenvalue weighted by Gasteiger charge is 2.32. The molecule has 29 heavy (non-hydrogen) atoms. The number of benzene rings is 2. The predicted molar refractivity (Wildman–Crippen MR) is 108 cm³/mol. The number of ether oxygens (including phenoxy) is 1. The molecule has 0 bridgehead atoms. The fourth-order valence-electron chi connectivity index (χ4n) is 3.42. The van der Waals surface area contributed by atoms with Crippen molar-refractivity contribution in [2.75, 3.05) is 0 Å². The van der Waals surface area contributed by atoms with Crippen LogP contribution in [0.5, 0.6) is 11.5 Å². The van der Waals surface area contributed by atoms with Crippen LogP contribution in [0.25, 0.3) is 10.9 Å². The van der Waals surface area contributed by atoms with Crippen LogP contribution in [0.1, 0.15) is 24.0 Å². The van der Waals surface area contributed by atoms with E-state index in [2.05, 4.69) is 4.98 Å². The third-order valence-corrected chi connectivity index (χ3v) is 6.93. The number of pyridine rings is 1. The molecule has 1 N–H and O–H groups in total. The molecular formula is C22H20FNO4S. The number of aldehydes is 1. The van der Waals surface area contributed by atoms with Crippen molar-refractivity contribution in [3.05, 3.63) is 59.5 Å². The van der Waals surface area contributed by atoms with E-state index in [-0.39, 0.29) is 17.8 Å². The van der Waals surface area contributed by atoms with Gasteiger partial charge in [0.2, 0.25) is 0 Å². The Morgan fingerprint density at radius 2 is 2.03 bits per heavy atom. The number of aliphatic hydroxyl groups is 1. The van der Waals surface area contributed by atoms with Crippen LogP contribution in [-0.4, -0.2) is 31.9 Å². The molecule has 1 heterocycles. The number of hydrogen-bond acceptors (Lipinski definition) is 5. The zero-order valence-electron chi connectivity index (χ0n) is 15.8. The Morgan fingerprint density at radius 3 is 2.76 bits per heavy atom. The lowest BCUT2D eigenvalue weighted by Crippen LogP contribution is -2.36. The van der Waals surface area contributed by atoms with Gasteiger partial charge in [0.1, 0.15) is 23.6 Å². The van der Waals surface area contributed by atoms with Crippen LogP contribution in [0, 0.1) is 12.7 Å². The molecule has 1 aromatic heterocycles. The maximum atomic E-state index is 14.5. The number of nitrogens with zero attached hydrogens (tertiary/aromatic N) is 1. The summed E-state index contributed by atoms with van der Waals surface area (Å²) in [4.78, 5) is 15.7. The van der Waals surface area contributed by atoms with E-state index in [4.69, 9.17) is 4.74 Å². The van der Waals surface area contributed by atoms with Gasteiger partial charge in [0.25, 0.3) is 0 Å². The standard InChI is InChI=1S/C22H20FNO4S/c1-13-20(5-2-14(7-9-25)22(13)23)28-21-6-8-24-19-4-3-16(12-18(19)21)29(27)17-10-15(26)11-17/h2-6,8-9,12,15,17,26H,7,10-11H2,1H3. The second-order valence-corrected chi connectivity index (χ2v) is 8.90. The highest BCUT2D eigenvalue weighted by atomic mass is 32.2. The van der Waals surface area contributed by atoms with Crippen molar-refractivity contribution >= 4 is 28.0 Å². The molecule has 1 atom stereocenters. The molecule has 0 aliphatic heterocycles. The fraction of sp³-hybridized carbons (Fsp3) is 0.273. The number of carbonyl (C=O) groups is 1. The molecule has 7 heteroatoms. The first kappa shape index (κ1) is 19.7. The van der Waals surface area contributed by atoms with E-state index >= 15 is 0 Å². The maximum Gasteiger partial charge on any atom is 0.138 e. The minimum absolute atomic E-state index is 0.0101. The zero-order chi connectivity index (χ0) is 20.5. The molecule has 0 spiro atoms. The number of carbonyl (C=O) groups excluding carboxylic acids is 1. The van der Waals surface area contributed by atoms with E-state index in [1.54, 1.807) is 43.5 Å². The minimum Gasteiger partial charge on any atom is -0.456 e. The monoisotopic (exact) mass is 413 g/mol. The van der Waals surface area contributed by atoms with Crippen molar-refractivity contribution < 1.29 is 23.2 Å². The topological polar surface area (TPSA) is 76.5 Å². The largest absolute Gasteiger partial charge is 0.456 e. The van der Waals surface area contributed by atoms with Crippen LogP contribution in [0.15, 0.2) is 47.5 Å². The number of fused-ring (bicyclic) bond motifs is 1. The molecule has 150 valence electrons. The first-order valence-electron chi connectivity index (χ1n) is 9.34. The fourth-order valence-corrected chi connectivity index (χ4v) is 5.03. The average Bonchev–Trinajstić information content (AvgIpc) is 2.70. The van der Waals surface area contributed by atoms with Crippen LogP contribution in [0.3, 0.4) is 0 Å². The Bertz CT molecular complexity index is 1110. The van der Waals surface area contributed by atoms with E-state index in [0.29, 0.717) is 57.6 Å². The average molecular weight is 413 g/mol. The number of rotatable bonds is 6. The SMILES string of the molecule is Cc1c(Oc2ccnc3ccc(S(=O)C4CC(O)C4)cc23)ccc(CC=O)c1F. The molecule has 1 unspecified atom stereocenters. The van der Waals surface area contributed by atoms with Gasteiger partial charge in [-0.3, -0.25) is 9.19 Å². The summed E-state index contributed by atoms with van der Waals surface area (Å²) in [5.74, 6) is 0.365. The van der Waals surface area contributed by atoms with Gasteiger partial charge in [-0.25, -0.2) is 4.39 Å². The Kier molecular flexibility index (Phi) is 5.43. The Balaban J connectivity index is 1.69. The van der Waals surface area contributed by atoms with Crippen LogP contribution in [-0.2, 0) is 22.0 Å². The second-order valence-electron chi connectivity index (χ2n) is 7.17. The van der Waals surface area contributed by atoms with Crippen molar-refractivity contribution in [3.63, 3.8) is 0 Å². The maximum absolute atomic E-state index is 14.5. The molecular weight excluding hydrogens is 393 g/mol. The summed E-state index contributed by atoms with van der Waals surface area (Å²) in [5.41, 5.74) is 1.31. The van der Waals surface area contributed by atoms with Crippen LogP contribution < -0.4 is 4.74 Å². The lowest BCUT2D eigenvalue weighted by Gasteiger charge is -2.30. The molecule has 1 aliphatic rings. The van der Waals surface area contributed by atoms with Crippen molar-refractivity contribution in [3.8, 4) is 11.5 Å². The van der Waals surface area contributed by atoms with Gasteiger partial charge in [-0.15, -0.1) is 0 Å². The third kappa shape index (κ3) is 3.80. The van der Waals surface area contributed by atoms with Crippen LogP contribution in [0.4, 0.5) is 4.39 Å². The van der Waals surface area contributed by atoms with Crippen LogP contribution in [0.2, 0.25) is 0 Å². The highest BCUT2D eigenvalue weighted by Crippen LogP contribution is 2.35. The summed E-state index contributed by atoms with van der Waals surface area (Å²) in [7, 11) is -1.22. The molecule has 2 aromatic carbocycles. The van der Waals surface area contributed by atoms with Gasteiger partial charge >= 0.3 is 0 Å². The summed E-state index contributed by atoms with van der Waals surface area (Å²) in [6.07, 6.45) is 2.97. The molecule has 0 saturated heterocycles. The smallest absolute Gasteiger partial charge is 0.138 e. The van der Waals surface area contributed by atoms with Gasteiger partial charge in [-0.1, -0.05) is 6.07 Å². The summed E-state index contributed by atoms with van der Waals surface area (Å²) in [5, 5.41) is 10.1. The third-order valence-electron chi connectivity index (χ3n) is 5.22. The molecule has 1 fully saturated rings. The van der Waals surface area contributed by atoms with E-state index in [0.717, 1.165) is 0 Å². The molecule has 1 aliphatic carbocycles. The van der Waals surface area contributed by atoms with Gasteiger partial charge in [0.15, 0.2) is 0 Å². The predicted octanol–water partition coefficient (Wildman–Crippen LogP) is 3.85. The van der Waals surface area contributed by atoms with Gasteiger partial charge < -0.3 is 14.6 Å². The van der Waals surface area contributed by atoms with Crippen molar-refractivity contribution in [1.82, 2.24) is 4.98 Å². The number of hydrogen-bond donors (Lipinski definition) is 1. The van der Waals surface area contributed by atoms with Gasteiger partial charge in [0.05, 0.1) is 22.4 Å². The van der Waals surface area contributed by atoms with E-state index in [1.807, 2.05) is 0 Å². The van der Waals surface area contributed by atoms with E-state index < -0.39 is 16.6 Å². The quantitative estimate of drug-likeness (QED) is 0.621. The van der Waals surface area contributed by atoms with Crippen molar-refractivity contribution in [1.29, 1.82) is 0 Å². The first-order valence-corrected chi connectivity index (χ1v) is 10.6. The van der Waals surface area contributed by atoms with E-state index in [1.165, 1.54) is 6.07 Å². The minimum atomic E-state index is -1.22. The summed E-state index contributed by atoms with van der Waals surface area (Å²) in [6.45, 7) is 1.60.